The van der Waals surface area contributed by atoms with Gasteiger partial charge in [0.15, 0.2) is 0 Å². The quantitative estimate of drug-likeness (QED) is 0.599. The molecular weight excluding hydrogens is 250 g/mol. The van der Waals surface area contributed by atoms with Gasteiger partial charge in [0.25, 0.3) is 0 Å². The van der Waals surface area contributed by atoms with Crippen LogP contribution in [0, 0.1) is 0 Å². The predicted octanol–water partition coefficient (Wildman–Crippen LogP) is 0.390. The summed E-state index contributed by atoms with van der Waals surface area (Å²) in [5.74, 6) is 0.162. The van der Waals surface area contributed by atoms with Gasteiger partial charge >= 0.3 is 0 Å². The second-order valence-corrected chi connectivity index (χ2v) is 7.15. The summed E-state index contributed by atoms with van der Waals surface area (Å²) in [5.41, 5.74) is 0. The highest BCUT2D eigenvalue weighted by molar-refractivity contribution is 7.89. The first-order valence-corrected chi connectivity index (χ1v) is 8.58. The van der Waals surface area contributed by atoms with Crippen molar-refractivity contribution in [3.63, 3.8) is 0 Å². The Hall–Kier alpha value is -0.170. The minimum Gasteiger partial charge on any atom is -0.313 e. The average Bonchev–Trinajstić information content (AvgIpc) is 2.76. The molecule has 1 heterocycles. The zero-order valence-corrected chi connectivity index (χ0v) is 12.4. The maximum absolute atomic E-state index is 11.6. The van der Waals surface area contributed by atoms with Gasteiger partial charge in [0.05, 0.1) is 5.75 Å². The Balaban J connectivity index is 2.05. The maximum Gasteiger partial charge on any atom is 0.212 e. The normalized spacial score (nSPS) is 17.7. The van der Waals surface area contributed by atoms with Crippen molar-refractivity contribution < 1.29 is 8.42 Å². The minimum absolute atomic E-state index is 0.162. The molecule has 18 heavy (non-hydrogen) atoms. The van der Waals surface area contributed by atoms with Crippen LogP contribution >= 0.6 is 0 Å². The van der Waals surface area contributed by atoms with Gasteiger partial charge in [-0.15, -0.1) is 0 Å². The summed E-state index contributed by atoms with van der Waals surface area (Å²) in [7, 11) is -3.10. The van der Waals surface area contributed by atoms with E-state index < -0.39 is 10.0 Å². The minimum atomic E-state index is -3.10. The number of hydrogen-bond acceptors (Lipinski definition) is 4. The fourth-order valence-electron chi connectivity index (χ4n) is 2.09. The molecule has 0 aromatic heterocycles. The van der Waals surface area contributed by atoms with Crippen LogP contribution in [0.15, 0.2) is 0 Å². The molecule has 1 aliphatic rings. The Kier molecular flexibility index (Phi) is 7.14. The van der Waals surface area contributed by atoms with Crippen molar-refractivity contribution in [2.45, 2.75) is 39.2 Å². The number of nitrogens with zero attached hydrogens (tertiary/aromatic N) is 1. The summed E-state index contributed by atoms with van der Waals surface area (Å²) in [6, 6.07) is 0.329. The maximum atomic E-state index is 11.6. The van der Waals surface area contributed by atoms with E-state index in [2.05, 4.69) is 14.9 Å². The average molecular weight is 277 g/mol. The molecule has 0 aliphatic carbocycles. The number of nitrogens with one attached hydrogen (secondary N) is 2. The fourth-order valence-corrected chi connectivity index (χ4v) is 3.08. The molecule has 2 N–H and O–H groups in total. The fraction of sp³-hybridized carbons (Fsp3) is 1.00. The van der Waals surface area contributed by atoms with E-state index in [9.17, 15) is 8.42 Å². The van der Waals surface area contributed by atoms with Crippen LogP contribution < -0.4 is 10.0 Å². The van der Waals surface area contributed by atoms with E-state index in [1.54, 1.807) is 0 Å². The monoisotopic (exact) mass is 277 g/mol. The van der Waals surface area contributed by atoms with Gasteiger partial charge in [-0.05, 0) is 38.9 Å². The topological polar surface area (TPSA) is 61.4 Å². The predicted molar refractivity (Wildman–Crippen MR) is 75.2 cm³/mol. The molecule has 0 aromatic carbocycles. The summed E-state index contributed by atoms with van der Waals surface area (Å²) < 4.78 is 25.9. The SMILES string of the molecule is CC(C)NCCS(=O)(=O)NCCCN1CCCC1. The van der Waals surface area contributed by atoms with E-state index in [0.29, 0.717) is 19.1 Å². The van der Waals surface area contributed by atoms with Gasteiger partial charge < -0.3 is 10.2 Å². The van der Waals surface area contributed by atoms with Gasteiger partial charge in [-0.3, -0.25) is 0 Å². The van der Waals surface area contributed by atoms with E-state index in [0.717, 1.165) is 13.0 Å². The Morgan fingerprint density at radius 1 is 1.17 bits per heavy atom. The molecular formula is C12H27N3O2S. The lowest BCUT2D eigenvalue weighted by Gasteiger charge is -2.14. The van der Waals surface area contributed by atoms with Crippen molar-refractivity contribution in [1.29, 1.82) is 0 Å². The van der Waals surface area contributed by atoms with Gasteiger partial charge in [0.2, 0.25) is 10.0 Å². The first kappa shape index (κ1) is 15.9. The van der Waals surface area contributed by atoms with Crippen LogP contribution in [0.4, 0.5) is 0 Å². The van der Waals surface area contributed by atoms with Gasteiger partial charge in [0, 0.05) is 19.1 Å². The number of sulfonamides is 1. The van der Waals surface area contributed by atoms with Crippen LogP contribution in [0.5, 0.6) is 0 Å². The lowest BCUT2D eigenvalue weighted by molar-refractivity contribution is 0.334. The molecule has 0 radical (unpaired) electrons. The van der Waals surface area contributed by atoms with Crippen LogP contribution in [0.1, 0.15) is 33.1 Å². The standard InChI is InChI=1S/C12H27N3O2S/c1-12(2)13-7-11-18(16,17)14-6-5-10-15-8-3-4-9-15/h12-14H,3-11H2,1-2H3. The summed E-state index contributed by atoms with van der Waals surface area (Å²) in [5, 5.41) is 3.11. The molecule has 0 spiro atoms. The Labute approximate surface area is 111 Å². The molecule has 1 fully saturated rings. The molecule has 1 aliphatic heterocycles. The molecule has 6 heteroatoms. The second kappa shape index (κ2) is 8.09. The number of hydrogen-bond donors (Lipinski definition) is 2. The van der Waals surface area contributed by atoms with E-state index in [4.69, 9.17) is 0 Å². The van der Waals surface area contributed by atoms with Crippen LogP contribution in [0.25, 0.3) is 0 Å². The first-order chi connectivity index (χ1) is 8.49. The summed E-state index contributed by atoms with van der Waals surface area (Å²) in [4.78, 5) is 2.40. The molecule has 0 aromatic rings. The van der Waals surface area contributed by atoms with Gasteiger partial charge in [-0.2, -0.15) is 0 Å². The Morgan fingerprint density at radius 2 is 1.83 bits per heavy atom. The lowest BCUT2D eigenvalue weighted by Crippen LogP contribution is -2.35. The smallest absolute Gasteiger partial charge is 0.212 e. The third-order valence-electron chi connectivity index (χ3n) is 3.10. The third-order valence-corrected chi connectivity index (χ3v) is 4.48. The van der Waals surface area contributed by atoms with Crippen LogP contribution in [-0.2, 0) is 10.0 Å². The van der Waals surface area contributed by atoms with Gasteiger partial charge in [-0.1, -0.05) is 13.8 Å². The lowest BCUT2D eigenvalue weighted by atomic mass is 10.4. The van der Waals surface area contributed by atoms with Gasteiger partial charge in [0.1, 0.15) is 0 Å². The largest absolute Gasteiger partial charge is 0.313 e. The number of likely N-dealkylation sites (tertiary alicyclic amines) is 1. The van der Waals surface area contributed by atoms with Crippen LogP contribution in [0.3, 0.4) is 0 Å². The summed E-state index contributed by atoms with van der Waals surface area (Å²) in [6.07, 6.45) is 3.47. The second-order valence-electron chi connectivity index (χ2n) is 5.22. The molecule has 0 saturated carbocycles. The van der Waals surface area contributed by atoms with Crippen molar-refractivity contribution >= 4 is 10.0 Å². The van der Waals surface area contributed by atoms with Crippen molar-refractivity contribution in [3.8, 4) is 0 Å². The Morgan fingerprint density at radius 3 is 2.44 bits per heavy atom. The van der Waals surface area contributed by atoms with Crippen molar-refractivity contribution in [2.75, 3.05) is 38.5 Å². The molecule has 1 rings (SSSR count). The zero-order chi connectivity index (χ0) is 13.4. The molecule has 5 nitrogen and oxygen atoms in total. The third kappa shape index (κ3) is 7.31. The molecule has 0 amide bonds. The van der Waals surface area contributed by atoms with Crippen LogP contribution in [0.2, 0.25) is 0 Å². The van der Waals surface area contributed by atoms with E-state index >= 15 is 0 Å². The van der Waals surface area contributed by atoms with Gasteiger partial charge in [-0.25, -0.2) is 13.1 Å². The highest BCUT2D eigenvalue weighted by Gasteiger charge is 2.12. The molecule has 0 unspecified atom stereocenters. The molecule has 0 atom stereocenters. The van der Waals surface area contributed by atoms with Crippen molar-refractivity contribution in [2.24, 2.45) is 0 Å². The van der Waals surface area contributed by atoms with Crippen molar-refractivity contribution in [3.05, 3.63) is 0 Å². The summed E-state index contributed by atoms with van der Waals surface area (Å²) >= 11 is 0. The summed E-state index contributed by atoms with van der Waals surface area (Å²) in [6.45, 7) is 8.44. The molecule has 1 saturated heterocycles. The molecule has 0 bridgehead atoms. The van der Waals surface area contributed by atoms with Crippen LogP contribution in [-0.4, -0.2) is 57.8 Å². The highest BCUT2D eigenvalue weighted by Crippen LogP contribution is 2.06. The van der Waals surface area contributed by atoms with E-state index in [-0.39, 0.29) is 5.75 Å². The first-order valence-electron chi connectivity index (χ1n) is 6.93. The van der Waals surface area contributed by atoms with E-state index in [1.165, 1.54) is 25.9 Å². The van der Waals surface area contributed by atoms with Crippen molar-refractivity contribution in [1.82, 2.24) is 14.9 Å². The molecule has 108 valence electrons. The van der Waals surface area contributed by atoms with E-state index in [1.807, 2.05) is 13.8 Å². The number of rotatable bonds is 9. The Bertz CT molecular complexity index is 311. The highest BCUT2D eigenvalue weighted by atomic mass is 32.2. The zero-order valence-electron chi connectivity index (χ0n) is 11.6.